The molecule has 2 rings (SSSR count). The highest BCUT2D eigenvalue weighted by molar-refractivity contribution is 7.09. The molecule has 16 heavy (non-hydrogen) atoms. The first kappa shape index (κ1) is 12.0. The summed E-state index contributed by atoms with van der Waals surface area (Å²) < 4.78 is 0. The topological polar surface area (TPSA) is 28.2 Å². The Balaban J connectivity index is 1.82. The molecule has 1 fully saturated rings. The number of aromatic nitrogens is 1. The Kier molecular flexibility index (Phi) is 3.62. The molecule has 90 valence electrons. The number of thiazole rings is 1. The molecule has 1 aliphatic rings. The zero-order valence-corrected chi connectivity index (χ0v) is 11.2. The number of nitrogens with one attached hydrogen (secondary N) is 1. The number of hydrogen-bond donors (Lipinski definition) is 1. The Morgan fingerprint density at radius 2 is 2.38 bits per heavy atom. The molecule has 1 aromatic heterocycles. The monoisotopic (exact) mass is 239 g/mol. The lowest BCUT2D eigenvalue weighted by Crippen LogP contribution is -2.57. The first-order valence-electron chi connectivity index (χ1n) is 5.94. The lowest BCUT2D eigenvalue weighted by Gasteiger charge is -2.39. The van der Waals surface area contributed by atoms with Gasteiger partial charge < -0.3 is 5.32 Å². The second-order valence-electron chi connectivity index (χ2n) is 5.19. The minimum Gasteiger partial charge on any atom is -0.309 e. The van der Waals surface area contributed by atoms with Gasteiger partial charge in [0.05, 0.1) is 10.7 Å². The normalized spacial score (nSPS) is 21.2. The summed E-state index contributed by atoms with van der Waals surface area (Å²) in [5.74, 6) is 0. The lowest BCUT2D eigenvalue weighted by molar-refractivity contribution is 0.156. The zero-order valence-electron chi connectivity index (χ0n) is 10.4. The maximum Gasteiger partial charge on any atom is 0.0897 e. The predicted molar refractivity (Wildman–Crippen MR) is 69.1 cm³/mol. The third-order valence-electron chi connectivity index (χ3n) is 3.00. The maximum atomic E-state index is 4.51. The Hall–Kier alpha value is -0.450. The molecule has 0 spiro atoms. The van der Waals surface area contributed by atoms with Gasteiger partial charge >= 0.3 is 0 Å². The molecule has 0 aliphatic carbocycles. The van der Waals surface area contributed by atoms with Gasteiger partial charge in [-0.15, -0.1) is 11.3 Å². The molecule has 0 aromatic carbocycles. The van der Waals surface area contributed by atoms with Crippen molar-refractivity contribution in [3.8, 4) is 0 Å². The summed E-state index contributed by atoms with van der Waals surface area (Å²) >= 11 is 1.75. The van der Waals surface area contributed by atoms with Crippen LogP contribution in [0.4, 0.5) is 0 Å². The minimum absolute atomic E-state index is 0.260. The van der Waals surface area contributed by atoms with E-state index in [1.54, 1.807) is 11.3 Å². The van der Waals surface area contributed by atoms with E-state index >= 15 is 0 Å². The largest absolute Gasteiger partial charge is 0.309 e. The second kappa shape index (κ2) is 4.82. The molecule has 0 amide bonds. The number of nitrogens with zero attached hydrogens (tertiary/aromatic N) is 2. The summed E-state index contributed by atoms with van der Waals surface area (Å²) in [5, 5.41) is 6.90. The van der Waals surface area contributed by atoms with Gasteiger partial charge in [0.15, 0.2) is 0 Å². The summed E-state index contributed by atoms with van der Waals surface area (Å²) in [5.41, 5.74) is 1.51. The van der Waals surface area contributed by atoms with Gasteiger partial charge in [0.1, 0.15) is 0 Å². The molecular formula is C12H21N3S. The van der Waals surface area contributed by atoms with Crippen LogP contribution < -0.4 is 5.32 Å². The van der Waals surface area contributed by atoms with Gasteiger partial charge in [-0.25, -0.2) is 4.98 Å². The van der Waals surface area contributed by atoms with E-state index in [0.29, 0.717) is 0 Å². The van der Waals surface area contributed by atoms with Crippen molar-refractivity contribution >= 4 is 11.3 Å². The number of aryl methyl sites for hydroxylation is 1. The van der Waals surface area contributed by atoms with Crippen molar-refractivity contribution in [3.63, 3.8) is 0 Å². The molecule has 0 unspecified atom stereocenters. The van der Waals surface area contributed by atoms with Gasteiger partial charge in [-0.3, -0.25) is 4.90 Å². The van der Waals surface area contributed by atoms with Gasteiger partial charge in [-0.05, 0) is 20.8 Å². The van der Waals surface area contributed by atoms with Gasteiger partial charge in [0, 0.05) is 43.5 Å². The van der Waals surface area contributed by atoms with Crippen LogP contribution in [-0.4, -0.2) is 41.6 Å². The number of piperazine rings is 1. The summed E-state index contributed by atoms with van der Waals surface area (Å²) in [4.78, 5) is 7.04. The maximum absolute atomic E-state index is 4.51. The zero-order chi connectivity index (χ0) is 11.6. The molecule has 1 saturated heterocycles. The molecule has 1 aromatic rings. The molecule has 0 atom stereocenters. The summed E-state index contributed by atoms with van der Waals surface area (Å²) in [6.45, 7) is 11.1. The van der Waals surface area contributed by atoms with Crippen LogP contribution in [0, 0.1) is 6.92 Å². The molecule has 0 saturated carbocycles. The molecule has 2 heterocycles. The molecule has 0 bridgehead atoms. The van der Waals surface area contributed by atoms with Crippen molar-refractivity contribution < 1.29 is 0 Å². The smallest absolute Gasteiger partial charge is 0.0897 e. The molecule has 4 heteroatoms. The summed E-state index contributed by atoms with van der Waals surface area (Å²) in [6, 6.07) is 0. The third kappa shape index (κ3) is 3.27. The van der Waals surface area contributed by atoms with Gasteiger partial charge in [-0.2, -0.15) is 0 Å². The fourth-order valence-electron chi connectivity index (χ4n) is 2.23. The number of rotatable bonds is 3. The SMILES string of the molecule is Cc1nc(CCN2CCNC(C)(C)C2)cs1. The second-order valence-corrected chi connectivity index (χ2v) is 6.26. The van der Waals surface area contributed by atoms with Crippen LogP contribution >= 0.6 is 11.3 Å². The first-order chi connectivity index (χ1) is 7.55. The highest BCUT2D eigenvalue weighted by Gasteiger charge is 2.25. The van der Waals surface area contributed by atoms with E-state index in [0.717, 1.165) is 32.6 Å². The molecule has 1 N–H and O–H groups in total. The Morgan fingerprint density at radius 3 is 3.00 bits per heavy atom. The third-order valence-corrected chi connectivity index (χ3v) is 3.82. The fraction of sp³-hybridized carbons (Fsp3) is 0.750. The van der Waals surface area contributed by atoms with Crippen molar-refractivity contribution in [2.45, 2.75) is 32.7 Å². The Bertz CT molecular complexity index is 346. The van der Waals surface area contributed by atoms with E-state index in [1.165, 1.54) is 10.7 Å². The average Bonchev–Trinajstić information content (AvgIpc) is 2.60. The summed E-state index contributed by atoms with van der Waals surface area (Å²) in [7, 11) is 0. The lowest BCUT2D eigenvalue weighted by atomic mass is 10.0. The van der Waals surface area contributed by atoms with Crippen LogP contribution in [0.1, 0.15) is 24.5 Å². The predicted octanol–water partition coefficient (Wildman–Crippen LogP) is 1.68. The van der Waals surface area contributed by atoms with E-state index in [9.17, 15) is 0 Å². The van der Waals surface area contributed by atoms with Crippen molar-refractivity contribution in [1.82, 2.24) is 15.2 Å². The number of hydrogen-bond acceptors (Lipinski definition) is 4. The molecule has 0 radical (unpaired) electrons. The van der Waals surface area contributed by atoms with Crippen LogP contribution in [-0.2, 0) is 6.42 Å². The molecular weight excluding hydrogens is 218 g/mol. The van der Waals surface area contributed by atoms with E-state index in [4.69, 9.17) is 0 Å². The quantitative estimate of drug-likeness (QED) is 0.870. The Labute approximate surface area is 102 Å². The molecule has 3 nitrogen and oxygen atoms in total. The average molecular weight is 239 g/mol. The van der Waals surface area contributed by atoms with Crippen molar-refractivity contribution in [1.29, 1.82) is 0 Å². The van der Waals surface area contributed by atoms with Crippen molar-refractivity contribution in [2.24, 2.45) is 0 Å². The first-order valence-corrected chi connectivity index (χ1v) is 6.81. The van der Waals surface area contributed by atoms with Gasteiger partial charge in [0.25, 0.3) is 0 Å². The van der Waals surface area contributed by atoms with Crippen LogP contribution in [0.2, 0.25) is 0 Å². The van der Waals surface area contributed by atoms with Crippen LogP contribution in [0.25, 0.3) is 0 Å². The van der Waals surface area contributed by atoms with Crippen LogP contribution in [0.5, 0.6) is 0 Å². The van der Waals surface area contributed by atoms with Crippen LogP contribution in [0.15, 0.2) is 5.38 Å². The minimum atomic E-state index is 0.260. The standard InChI is InChI=1S/C12H21N3S/c1-10-14-11(8-16-10)4-6-15-7-5-13-12(2,3)9-15/h8,13H,4-7,9H2,1-3H3. The van der Waals surface area contributed by atoms with E-state index in [2.05, 4.69) is 41.4 Å². The van der Waals surface area contributed by atoms with E-state index in [-0.39, 0.29) is 5.54 Å². The van der Waals surface area contributed by atoms with E-state index < -0.39 is 0 Å². The van der Waals surface area contributed by atoms with E-state index in [1.807, 2.05) is 0 Å². The van der Waals surface area contributed by atoms with Gasteiger partial charge in [-0.1, -0.05) is 0 Å². The highest BCUT2D eigenvalue weighted by atomic mass is 32.1. The fourth-order valence-corrected chi connectivity index (χ4v) is 2.88. The van der Waals surface area contributed by atoms with Crippen molar-refractivity contribution in [3.05, 3.63) is 16.1 Å². The summed E-state index contributed by atoms with van der Waals surface area (Å²) in [6.07, 6.45) is 1.08. The highest BCUT2D eigenvalue weighted by Crippen LogP contribution is 2.12. The van der Waals surface area contributed by atoms with Gasteiger partial charge in [0.2, 0.25) is 0 Å². The van der Waals surface area contributed by atoms with Crippen LogP contribution in [0.3, 0.4) is 0 Å². The molecule has 1 aliphatic heterocycles. The van der Waals surface area contributed by atoms with Crippen molar-refractivity contribution in [2.75, 3.05) is 26.2 Å². The Morgan fingerprint density at radius 1 is 1.56 bits per heavy atom.